The van der Waals surface area contributed by atoms with Crippen molar-refractivity contribution in [1.82, 2.24) is 29.3 Å². The maximum atomic E-state index is 15.0. The van der Waals surface area contributed by atoms with Crippen LogP contribution in [0.2, 0.25) is 5.02 Å². The zero-order valence-corrected chi connectivity index (χ0v) is 20.9. The SMILES string of the molecule is Cc1nc2c(-c3ccc(Cl)cc3F)nc(N3CC(c4cnn(C5CC5)c4)O[C@@H](C)C3)nc2c(=O)n1C. The summed E-state index contributed by atoms with van der Waals surface area (Å²) in [6, 6.07) is 4.84. The lowest BCUT2D eigenvalue weighted by atomic mass is 10.1. The summed E-state index contributed by atoms with van der Waals surface area (Å²) in [4.78, 5) is 29.1. The fourth-order valence-corrected chi connectivity index (χ4v) is 4.77. The number of anilines is 1. The zero-order valence-electron chi connectivity index (χ0n) is 20.2. The molecule has 4 heterocycles. The number of halogens is 2. The molecule has 4 aromatic rings. The van der Waals surface area contributed by atoms with Crippen molar-refractivity contribution in [1.29, 1.82) is 0 Å². The highest BCUT2D eigenvalue weighted by Gasteiger charge is 2.32. The number of hydrogen-bond acceptors (Lipinski definition) is 7. The molecule has 3 aromatic heterocycles. The lowest BCUT2D eigenvalue weighted by Gasteiger charge is -2.36. The van der Waals surface area contributed by atoms with Gasteiger partial charge in [0.25, 0.3) is 5.56 Å². The quantitative estimate of drug-likeness (QED) is 0.411. The minimum absolute atomic E-state index is 0.123. The monoisotopic (exact) mass is 509 g/mol. The number of ether oxygens (including phenoxy) is 1. The first-order valence-corrected chi connectivity index (χ1v) is 12.3. The van der Waals surface area contributed by atoms with Gasteiger partial charge < -0.3 is 9.64 Å². The van der Waals surface area contributed by atoms with E-state index in [0.29, 0.717) is 30.9 Å². The van der Waals surface area contributed by atoms with Crippen molar-refractivity contribution in [3.05, 3.63) is 63.2 Å². The molecule has 0 bridgehead atoms. The third-order valence-corrected chi connectivity index (χ3v) is 7.02. The van der Waals surface area contributed by atoms with E-state index in [1.807, 2.05) is 28.9 Å². The third kappa shape index (κ3) is 4.04. The minimum Gasteiger partial charge on any atom is -0.367 e. The molecule has 2 aliphatic rings. The van der Waals surface area contributed by atoms with E-state index in [2.05, 4.69) is 15.1 Å². The van der Waals surface area contributed by atoms with Crippen LogP contribution in [0.1, 0.15) is 43.3 Å². The fraction of sp³-hybridized carbons (Fsp3) is 0.400. The van der Waals surface area contributed by atoms with E-state index in [4.69, 9.17) is 21.3 Å². The van der Waals surface area contributed by atoms with Crippen molar-refractivity contribution >= 4 is 28.6 Å². The topological polar surface area (TPSA) is 91.0 Å². The van der Waals surface area contributed by atoms with Crippen LogP contribution in [0, 0.1) is 12.7 Å². The number of nitrogens with zero attached hydrogens (tertiary/aromatic N) is 7. The van der Waals surface area contributed by atoms with E-state index in [1.165, 1.54) is 10.6 Å². The molecule has 0 spiro atoms. The number of aromatic nitrogens is 6. The molecule has 186 valence electrons. The molecule has 1 aliphatic carbocycles. The average Bonchev–Trinajstić information content (AvgIpc) is 3.58. The predicted molar refractivity (Wildman–Crippen MR) is 134 cm³/mol. The minimum atomic E-state index is -0.547. The van der Waals surface area contributed by atoms with Gasteiger partial charge in [0, 0.05) is 35.9 Å². The van der Waals surface area contributed by atoms with Crippen LogP contribution >= 0.6 is 11.6 Å². The van der Waals surface area contributed by atoms with Crippen LogP contribution in [0.25, 0.3) is 22.3 Å². The second-order valence-corrected chi connectivity index (χ2v) is 9.98. The molecule has 11 heteroatoms. The Morgan fingerprint density at radius 1 is 1.14 bits per heavy atom. The zero-order chi connectivity index (χ0) is 25.1. The second-order valence-electron chi connectivity index (χ2n) is 9.54. The number of benzene rings is 1. The molecule has 36 heavy (non-hydrogen) atoms. The molecule has 6 rings (SSSR count). The summed E-state index contributed by atoms with van der Waals surface area (Å²) in [6.07, 6.45) is 5.81. The molecule has 0 radical (unpaired) electrons. The van der Waals surface area contributed by atoms with Crippen LogP contribution < -0.4 is 10.5 Å². The first-order valence-electron chi connectivity index (χ1n) is 11.9. The van der Waals surface area contributed by atoms with Gasteiger partial charge in [-0.1, -0.05) is 11.6 Å². The van der Waals surface area contributed by atoms with Gasteiger partial charge in [0.2, 0.25) is 5.95 Å². The van der Waals surface area contributed by atoms with Gasteiger partial charge in [-0.15, -0.1) is 0 Å². The maximum absolute atomic E-state index is 15.0. The predicted octanol–water partition coefficient (Wildman–Crippen LogP) is 3.99. The molecule has 1 aromatic carbocycles. The van der Waals surface area contributed by atoms with Gasteiger partial charge in [0.15, 0.2) is 5.52 Å². The normalized spacial score (nSPS) is 20.3. The van der Waals surface area contributed by atoms with Gasteiger partial charge >= 0.3 is 0 Å². The van der Waals surface area contributed by atoms with E-state index < -0.39 is 5.82 Å². The number of hydrogen-bond donors (Lipinski definition) is 0. The number of rotatable bonds is 4. The summed E-state index contributed by atoms with van der Waals surface area (Å²) in [7, 11) is 1.64. The van der Waals surface area contributed by atoms with Gasteiger partial charge in [0.05, 0.1) is 24.9 Å². The smallest absolute Gasteiger partial charge is 0.279 e. The summed E-state index contributed by atoms with van der Waals surface area (Å²) >= 11 is 5.99. The molecular formula is C25H25ClFN7O2. The summed E-state index contributed by atoms with van der Waals surface area (Å²) in [5.74, 6) is 0.255. The van der Waals surface area contributed by atoms with Crippen molar-refractivity contribution in [2.24, 2.45) is 7.05 Å². The Labute approximate surface area is 211 Å². The molecule has 1 saturated heterocycles. The molecular weight excluding hydrogens is 485 g/mol. The Morgan fingerprint density at radius 2 is 1.94 bits per heavy atom. The van der Waals surface area contributed by atoms with Crippen molar-refractivity contribution in [3.63, 3.8) is 0 Å². The van der Waals surface area contributed by atoms with Gasteiger partial charge in [-0.05, 0) is 44.9 Å². The van der Waals surface area contributed by atoms with Crippen LogP contribution in [0.4, 0.5) is 10.3 Å². The summed E-state index contributed by atoms with van der Waals surface area (Å²) in [5.41, 5.74) is 1.51. The maximum Gasteiger partial charge on any atom is 0.279 e. The molecule has 1 unspecified atom stereocenters. The molecule has 1 aliphatic heterocycles. The van der Waals surface area contributed by atoms with E-state index in [9.17, 15) is 4.79 Å². The lowest BCUT2D eigenvalue weighted by Crippen LogP contribution is -2.43. The number of aryl methyl sites for hydroxylation is 1. The van der Waals surface area contributed by atoms with Crippen LogP contribution in [0.3, 0.4) is 0 Å². The van der Waals surface area contributed by atoms with Crippen molar-refractivity contribution < 1.29 is 9.13 Å². The van der Waals surface area contributed by atoms with Crippen molar-refractivity contribution in [2.75, 3.05) is 18.0 Å². The van der Waals surface area contributed by atoms with Crippen LogP contribution in [0.15, 0.2) is 35.4 Å². The van der Waals surface area contributed by atoms with Gasteiger partial charge in [0.1, 0.15) is 29.0 Å². The summed E-state index contributed by atoms with van der Waals surface area (Å²) in [5, 5.41) is 4.77. The lowest BCUT2D eigenvalue weighted by molar-refractivity contribution is -0.0178. The average molecular weight is 510 g/mol. The number of fused-ring (bicyclic) bond motifs is 1. The van der Waals surface area contributed by atoms with Crippen LogP contribution in [-0.4, -0.2) is 48.5 Å². The summed E-state index contributed by atoms with van der Waals surface area (Å²) in [6.45, 7) is 4.68. The second kappa shape index (κ2) is 8.63. The fourth-order valence-electron chi connectivity index (χ4n) is 4.61. The molecule has 2 atom stereocenters. The van der Waals surface area contributed by atoms with E-state index >= 15 is 4.39 Å². The third-order valence-electron chi connectivity index (χ3n) is 6.78. The van der Waals surface area contributed by atoms with E-state index in [1.54, 1.807) is 26.1 Å². The van der Waals surface area contributed by atoms with Crippen molar-refractivity contribution in [3.8, 4) is 11.3 Å². The molecule has 0 N–H and O–H groups in total. The van der Waals surface area contributed by atoms with E-state index in [0.717, 1.165) is 18.4 Å². The standard InChI is InChI=1S/C25H25ClFN7O2/c1-13-10-33(12-20(36-13)15-9-28-34(11-15)17-5-6-17)25-30-21(18-7-4-16(26)8-19(18)27)22-23(31-25)24(35)32(3)14(2)29-22/h4,7-9,11,13,17,20H,5-6,10,12H2,1-3H3/t13-,20?/m0/s1. The Hall–Kier alpha value is -3.37. The molecule has 1 saturated carbocycles. The first-order chi connectivity index (χ1) is 17.3. The van der Waals surface area contributed by atoms with Crippen molar-refractivity contribution in [2.45, 2.75) is 44.9 Å². The molecule has 2 fully saturated rings. The highest BCUT2D eigenvalue weighted by atomic mass is 35.5. The molecule has 9 nitrogen and oxygen atoms in total. The van der Waals surface area contributed by atoms with Gasteiger partial charge in [-0.2, -0.15) is 5.10 Å². The van der Waals surface area contributed by atoms with Gasteiger partial charge in [-0.25, -0.2) is 19.3 Å². The highest BCUT2D eigenvalue weighted by molar-refractivity contribution is 6.30. The van der Waals surface area contributed by atoms with Gasteiger partial charge in [-0.3, -0.25) is 14.0 Å². The number of morpholine rings is 1. The largest absolute Gasteiger partial charge is 0.367 e. The Morgan fingerprint density at radius 3 is 2.69 bits per heavy atom. The van der Waals surface area contributed by atoms with Crippen LogP contribution in [0.5, 0.6) is 0 Å². The Bertz CT molecular complexity index is 1550. The summed E-state index contributed by atoms with van der Waals surface area (Å²) < 4.78 is 24.7. The van der Waals surface area contributed by atoms with E-state index in [-0.39, 0.29) is 45.1 Å². The Balaban J connectivity index is 1.47. The molecule has 0 amide bonds. The first kappa shape index (κ1) is 23.1. The highest BCUT2D eigenvalue weighted by Crippen LogP contribution is 2.36. The Kier molecular flexibility index (Phi) is 5.53. The van der Waals surface area contributed by atoms with Crippen LogP contribution in [-0.2, 0) is 11.8 Å².